The predicted octanol–water partition coefficient (Wildman–Crippen LogP) is 4.78. The molecule has 2 aromatic carbocycles. The van der Waals surface area contributed by atoms with E-state index < -0.39 is 0 Å². The van der Waals surface area contributed by atoms with Crippen molar-refractivity contribution in [3.63, 3.8) is 0 Å². The number of aromatic amines is 1. The average Bonchev–Trinajstić information content (AvgIpc) is 2.73. The number of benzene rings is 2. The molecule has 0 radical (unpaired) electrons. The average molecular weight is 326 g/mol. The fourth-order valence-electron chi connectivity index (χ4n) is 1.81. The van der Waals surface area contributed by atoms with Crippen molar-refractivity contribution in [2.24, 2.45) is 0 Å². The van der Waals surface area contributed by atoms with Gasteiger partial charge in [-0.25, -0.2) is 9.37 Å². The van der Waals surface area contributed by atoms with E-state index in [9.17, 15) is 4.39 Å². The van der Waals surface area contributed by atoms with Gasteiger partial charge in [-0.1, -0.05) is 23.7 Å². The van der Waals surface area contributed by atoms with E-state index in [0.29, 0.717) is 16.4 Å². The molecular formula is C13H7BrClFN2. The van der Waals surface area contributed by atoms with Gasteiger partial charge in [0.25, 0.3) is 0 Å². The van der Waals surface area contributed by atoms with E-state index in [-0.39, 0.29) is 5.82 Å². The van der Waals surface area contributed by atoms with E-state index >= 15 is 0 Å². The minimum Gasteiger partial charge on any atom is -0.338 e. The summed E-state index contributed by atoms with van der Waals surface area (Å²) in [4.78, 5) is 7.57. The van der Waals surface area contributed by atoms with Gasteiger partial charge >= 0.3 is 0 Å². The number of imidazole rings is 1. The quantitative estimate of drug-likeness (QED) is 0.685. The molecule has 1 N–H and O–H groups in total. The number of aromatic nitrogens is 2. The highest BCUT2D eigenvalue weighted by Gasteiger charge is 2.09. The third kappa shape index (κ3) is 2.02. The maximum Gasteiger partial charge on any atom is 0.138 e. The Kier molecular flexibility index (Phi) is 2.84. The van der Waals surface area contributed by atoms with Crippen molar-refractivity contribution in [2.45, 2.75) is 0 Å². The molecule has 0 spiro atoms. The summed E-state index contributed by atoms with van der Waals surface area (Å²) in [5, 5.41) is 0.615. The van der Waals surface area contributed by atoms with Gasteiger partial charge in [-0.05, 0) is 40.2 Å². The van der Waals surface area contributed by atoms with Crippen LogP contribution < -0.4 is 0 Å². The van der Waals surface area contributed by atoms with Gasteiger partial charge in [-0.3, -0.25) is 0 Å². The van der Waals surface area contributed by atoms with Crippen molar-refractivity contribution in [1.82, 2.24) is 9.97 Å². The molecule has 90 valence electrons. The Morgan fingerprint density at radius 1 is 1.22 bits per heavy atom. The fraction of sp³-hybridized carbons (Fsp3) is 0. The van der Waals surface area contributed by atoms with Crippen molar-refractivity contribution < 1.29 is 4.39 Å². The Bertz CT molecular complexity index is 739. The molecule has 0 aliphatic rings. The zero-order valence-corrected chi connectivity index (χ0v) is 11.4. The first-order valence-corrected chi connectivity index (χ1v) is 6.41. The molecule has 3 rings (SSSR count). The predicted molar refractivity (Wildman–Crippen MR) is 74.2 cm³/mol. The Morgan fingerprint density at radius 3 is 2.83 bits per heavy atom. The second-order valence-electron chi connectivity index (χ2n) is 3.88. The zero-order valence-electron chi connectivity index (χ0n) is 9.05. The van der Waals surface area contributed by atoms with Crippen LogP contribution in [0.2, 0.25) is 5.02 Å². The topological polar surface area (TPSA) is 28.7 Å². The first-order valence-electron chi connectivity index (χ1n) is 5.24. The van der Waals surface area contributed by atoms with Crippen LogP contribution >= 0.6 is 27.5 Å². The van der Waals surface area contributed by atoms with Crippen LogP contribution in [-0.4, -0.2) is 9.97 Å². The molecule has 1 heterocycles. The van der Waals surface area contributed by atoms with Crippen LogP contribution in [0.4, 0.5) is 4.39 Å². The van der Waals surface area contributed by atoms with Gasteiger partial charge in [0.2, 0.25) is 0 Å². The third-order valence-electron chi connectivity index (χ3n) is 2.60. The van der Waals surface area contributed by atoms with Crippen LogP contribution in [0.5, 0.6) is 0 Å². The maximum absolute atomic E-state index is 13.2. The lowest BCUT2D eigenvalue weighted by atomic mass is 10.2. The summed E-state index contributed by atoms with van der Waals surface area (Å²) in [5.74, 6) is 0.331. The van der Waals surface area contributed by atoms with Crippen molar-refractivity contribution in [3.8, 4) is 11.4 Å². The summed E-state index contributed by atoms with van der Waals surface area (Å²) >= 11 is 9.37. The smallest absolute Gasteiger partial charge is 0.138 e. The van der Waals surface area contributed by atoms with Crippen molar-refractivity contribution in [2.75, 3.05) is 0 Å². The fourth-order valence-corrected chi connectivity index (χ4v) is 2.71. The van der Waals surface area contributed by atoms with Crippen molar-refractivity contribution in [3.05, 3.63) is 51.7 Å². The van der Waals surface area contributed by atoms with E-state index in [1.54, 1.807) is 24.3 Å². The molecule has 0 unspecified atom stereocenters. The number of rotatable bonds is 1. The third-order valence-corrected chi connectivity index (χ3v) is 3.43. The summed E-state index contributed by atoms with van der Waals surface area (Å²) in [6.07, 6.45) is 0. The number of fused-ring (bicyclic) bond motifs is 1. The minimum atomic E-state index is -0.287. The minimum absolute atomic E-state index is 0.287. The molecule has 5 heteroatoms. The number of nitrogens with zero attached hydrogens (tertiary/aromatic N) is 1. The van der Waals surface area contributed by atoms with E-state index in [2.05, 4.69) is 25.9 Å². The van der Waals surface area contributed by atoms with Crippen LogP contribution in [0.25, 0.3) is 22.4 Å². The number of H-pyrrole nitrogens is 1. The molecule has 0 fully saturated rings. The summed E-state index contributed by atoms with van der Waals surface area (Å²) < 4.78 is 14.0. The number of hydrogen-bond acceptors (Lipinski definition) is 1. The number of halogens is 3. The van der Waals surface area contributed by atoms with E-state index in [1.165, 1.54) is 12.1 Å². The van der Waals surface area contributed by atoms with Crippen molar-refractivity contribution >= 4 is 38.6 Å². The summed E-state index contributed by atoms with van der Waals surface area (Å²) in [6.45, 7) is 0. The monoisotopic (exact) mass is 324 g/mol. The highest BCUT2D eigenvalue weighted by Crippen LogP contribution is 2.29. The van der Waals surface area contributed by atoms with Crippen molar-refractivity contribution in [1.29, 1.82) is 0 Å². The zero-order chi connectivity index (χ0) is 12.7. The Balaban J connectivity index is 2.22. The highest BCUT2D eigenvalue weighted by atomic mass is 79.9. The van der Waals surface area contributed by atoms with Crippen LogP contribution in [0.15, 0.2) is 40.9 Å². The molecular weight excluding hydrogens is 319 g/mol. The van der Waals surface area contributed by atoms with E-state index in [1.807, 2.05) is 0 Å². The Morgan fingerprint density at radius 2 is 2.06 bits per heavy atom. The van der Waals surface area contributed by atoms with Gasteiger partial charge in [0, 0.05) is 15.1 Å². The summed E-state index contributed by atoms with van der Waals surface area (Å²) in [5.41, 5.74) is 2.29. The van der Waals surface area contributed by atoms with Gasteiger partial charge < -0.3 is 4.98 Å². The van der Waals surface area contributed by atoms with E-state index in [0.717, 1.165) is 15.5 Å². The van der Waals surface area contributed by atoms with Gasteiger partial charge in [-0.15, -0.1) is 0 Å². The second kappa shape index (κ2) is 4.37. The summed E-state index contributed by atoms with van der Waals surface area (Å²) in [7, 11) is 0. The molecule has 0 saturated carbocycles. The van der Waals surface area contributed by atoms with Gasteiger partial charge in [-0.2, -0.15) is 0 Å². The molecule has 3 aromatic rings. The SMILES string of the molecule is Fc1cccc(-c2nc3c(Br)cc(Cl)cc3[nH]2)c1. The first kappa shape index (κ1) is 11.7. The van der Waals surface area contributed by atoms with E-state index in [4.69, 9.17) is 11.6 Å². The van der Waals surface area contributed by atoms with Crippen LogP contribution in [-0.2, 0) is 0 Å². The molecule has 0 bridgehead atoms. The number of hydrogen-bond donors (Lipinski definition) is 1. The lowest BCUT2D eigenvalue weighted by molar-refractivity contribution is 0.628. The molecule has 0 amide bonds. The molecule has 1 aromatic heterocycles. The molecule has 0 atom stereocenters. The van der Waals surface area contributed by atoms with Gasteiger partial charge in [0.15, 0.2) is 0 Å². The van der Waals surface area contributed by atoms with Gasteiger partial charge in [0.05, 0.1) is 5.52 Å². The first-order chi connectivity index (χ1) is 8.63. The van der Waals surface area contributed by atoms with Crippen LogP contribution in [0.1, 0.15) is 0 Å². The standard InChI is InChI=1S/C13H7BrClFN2/c14-10-5-8(15)6-11-12(10)18-13(17-11)7-2-1-3-9(16)4-7/h1-6H,(H,17,18). The van der Waals surface area contributed by atoms with Gasteiger partial charge in [0.1, 0.15) is 17.2 Å². The highest BCUT2D eigenvalue weighted by molar-refractivity contribution is 9.10. The normalized spacial score (nSPS) is 11.1. The maximum atomic E-state index is 13.2. The second-order valence-corrected chi connectivity index (χ2v) is 5.17. The lowest BCUT2D eigenvalue weighted by Crippen LogP contribution is -1.81. The molecule has 0 saturated heterocycles. The van der Waals surface area contributed by atoms with Crippen LogP contribution in [0, 0.1) is 5.82 Å². The molecule has 18 heavy (non-hydrogen) atoms. The largest absolute Gasteiger partial charge is 0.338 e. The lowest BCUT2D eigenvalue weighted by Gasteiger charge is -1.95. The number of nitrogens with one attached hydrogen (secondary N) is 1. The molecule has 2 nitrogen and oxygen atoms in total. The summed E-state index contributed by atoms with van der Waals surface area (Å²) in [6, 6.07) is 9.86. The molecule has 0 aliphatic heterocycles. The van der Waals surface area contributed by atoms with Crippen LogP contribution in [0.3, 0.4) is 0 Å². The Hall–Kier alpha value is -1.39. The molecule has 0 aliphatic carbocycles. The Labute approximate surface area is 116 Å².